The van der Waals surface area contributed by atoms with Gasteiger partial charge in [0.25, 0.3) is 0 Å². The molecule has 1 atom stereocenters. The number of hydrogen-bond donors (Lipinski definition) is 2. The number of rotatable bonds is 6. The van der Waals surface area contributed by atoms with Crippen LogP contribution >= 0.6 is 0 Å². The van der Waals surface area contributed by atoms with Crippen LogP contribution in [0.5, 0.6) is 11.5 Å². The zero-order valence-electron chi connectivity index (χ0n) is 16.0. The molecule has 1 unspecified atom stereocenters. The van der Waals surface area contributed by atoms with Gasteiger partial charge in [-0.2, -0.15) is 0 Å². The molecular formula is C22H24N2O5. The number of ether oxygens (including phenoxy) is 2. The molecule has 7 nitrogen and oxygen atoms in total. The Kier molecular flexibility index (Phi) is 5.67. The fraction of sp³-hybridized carbons (Fsp3) is 0.364. The van der Waals surface area contributed by atoms with Gasteiger partial charge in [-0.15, -0.1) is 0 Å². The molecule has 0 spiro atoms. The highest BCUT2D eigenvalue weighted by molar-refractivity contribution is 5.83. The largest absolute Gasteiger partial charge is 0.481 e. The van der Waals surface area contributed by atoms with Crippen molar-refractivity contribution in [2.45, 2.75) is 25.4 Å². The van der Waals surface area contributed by atoms with Gasteiger partial charge >= 0.3 is 5.97 Å². The molecule has 1 amide bonds. The van der Waals surface area contributed by atoms with Gasteiger partial charge in [0.15, 0.2) is 11.5 Å². The van der Waals surface area contributed by atoms with Gasteiger partial charge in [0.05, 0.1) is 5.92 Å². The predicted octanol–water partition coefficient (Wildman–Crippen LogP) is 2.57. The summed E-state index contributed by atoms with van der Waals surface area (Å²) < 4.78 is 10.7. The molecule has 0 radical (unpaired) electrons. The van der Waals surface area contributed by atoms with Crippen LogP contribution in [0.15, 0.2) is 48.5 Å². The Hall–Kier alpha value is -3.06. The molecule has 2 N–H and O–H groups in total. The van der Waals surface area contributed by atoms with Crippen LogP contribution in [0.3, 0.4) is 0 Å². The number of aliphatic carboxylic acids is 1. The van der Waals surface area contributed by atoms with Crippen molar-refractivity contribution in [3.05, 3.63) is 59.7 Å². The molecule has 1 fully saturated rings. The molecule has 0 aromatic heterocycles. The van der Waals surface area contributed by atoms with Gasteiger partial charge in [0, 0.05) is 19.6 Å². The Morgan fingerprint density at radius 3 is 2.52 bits per heavy atom. The molecular weight excluding hydrogens is 372 g/mol. The molecule has 0 bridgehead atoms. The van der Waals surface area contributed by atoms with Gasteiger partial charge in [-0.25, -0.2) is 0 Å². The van der Waals surface area contributed by atoms with E-state index in [1.165, 1.54) is 0 Å². The third-order valence-electron chi connectivity index (χ3n) is 5.51. The van der Waals surface area contributed by atoms with Gasteiger partial charge in [-0.1, -0.05) is 36.4 Å². The van der Waals surface area contributed by atoms with Crippen molar-refractivity contribution in [2.24, 2.45) is 5.92 Å². The first-order valence-corrected chi connectivity index (χ1v) is 9.80. The monoisotopic (exact) mass is 396 g/mol. The van der Waals surface area contributed by atoms with Crippen LogP contribution in [-0.2, 0) is 16.1 Å². The lowest BCUT2D eigenvalue weighted by Gasteiger charge is -2.36. The number of piperidine rings is 1. The predicted molar refractivity (Wildman–Crippen MR) is 106 cm³/mol. The molecule has 29 heavy (non-hydrogen) atoms. The molecule has 2 aromatic carbocycles. The first-order chi connectivity index (χ1) is 14.1. The van der Waals surface area contributed by atoms with E-state index in [-0.39, 0.29) is 18.6 Å². The van der Waals surface area contributed by atoms with Crippen LogP contribution < -0.4 is 14.8 Å². The van der Waals surface area contributed by atoms with Crippen molar-refractivity contribution in [1.82, 2.24) is 10.2 Å². The summed E-state index contributed by atoms with van der Waals surface area (Å²) in [6.07, 6.45) is 1.10. The number of carboxylic acids is 1. The van der Waals surface area contributed by atoms with E-state index in [2.05, 4.69) is 10.2 Å². The van der Waals surface area contributed by atoms with Crippen molar-refractivity contribution in [2.75, 3.05) is 19.9 Å². The number of nitrogens with one attached hydrogen (secondary N) is 1. The normalized spacial score (nSPS) is 17.7. The minimum atomic E-state index is -0.756. The minimum Gasteiger partial charge on any atom is -0.481 e. The second-order valence-corrected chi connectivity index (χ2v) is 7.37. The summed E-state index contributed by atoms with van der Waals surface area (Å²) in [6.45, 7) is 1.75. The van der Waals surface area contributed by atoms with E-state index < -0.39 is 12.0 Å². The van der Waals surface area contributed by atoms with E-state index in [9.17, 15) is 14.7 Å². The fourth-order valence-corrected chi connectivity index (χ4v) is 3.90. The molecule has 4 rings (SSSR count). The van der Waals surface area contributed by atoms with Gasteiger partial charge in [-0.3, -0.25) is 14.5 Å². The van der Waals surface area contributed by atoms with Gasteiger partial charge in [0.1, 0.15) is 6.04 Å². The zero-order chi connectivity index (χ0) is 20.2. The Bertz CT molecular complexity index is 878. The Morgan fingerprint density at radius 1 is 1.07 bits per heavy atom. The summed E-state index contributed by atoms with van der Waals surface area (Å²) in [4.78, 5) is 26.5. The molecule has 2 aliphatic rings. The zero-order valence-corrected chi connectivity index (χ0v) is 16.0. The number of likely N-dealkylation sites (tertiary alicyclic amines) is 1. The van der Waals surface area contributed by atoms with Gasteiger partial charge in [0.2, 0.25) is 12.7 Å². The number of fused-ring (bicyclic) bond motifs is 1. The molecule has 0 saturated carbocycles. The van der Waals surface area contributed by atoms with E-state index in [0.717, 1.165) is 11.1 Å². The Morgan fingerprint density at radius 2 is 1.79 bits per heavy atom. The second kappa shape index (κ2) is 8.53. The van der Waals surface area contributed by atoms with Crippen LogP contribution in [-0.4, -0.2) is 41.8 Å². The quantitative estimate of drug-likeness (QED) is 0.780. The van der Waals surface area contributed by atoms with Crippen LogP contribution in [0.25, 0.3) is 0 Å². The van der Waals surface area contributed by atoms with E-state index >= 15 is 0 Å². The van der Waals surface area contributed by atoms with Gasteiger partial charge < -0.3 is 19.9 Å². The van der Waals surface area contributed by atoms with Gasteiger partial charge in [-0.05, 0) is 36.1 Å². The SMILES string of the molecule is O=C(O)C1CCN(C(C(=O)NCc2ccc3c(c2)OCO3)c2ccccc2)CC1. The highest BCUT2D eigenvalue weighted by atomic mass is 16.7. The fourth-order valence-electron chi connectivity index (χ4n) is 3.90. The number of nitrogens with zero attached hydrogens (tertiary/aromatic N) is 1. The van der Waals surface area contributed by atoms with Crippen molar-refractivity contribution >= 4 is 11.9 Å². The molecule has 2 heterocycles. The number of carbonyl (C=O) groups excluding carboxylic acids is 1. The minimum absolute atomic E-state index is 0.0948. The number of hydrogen-bond acceptors (Lipinski definition) is 5. The molecule has 2 aliphatic heterocycles. The summed E-state index contributed by atoms with van der Waals surface area (Å²) in [7, 11) is 0. The van der Waals surface area contributed by atoms with E-state index in [4.69, 9.17) is 9.47 Å². The van der Waals surface area contributed by atoms with Crippen molar-refractivity contribution in [3.63, 3.8) is 0 Å². The summed E-state index contributed by atoms with van der Waals surface area (Å²) >= 11 is 0. The van der Waals surface area contributed by atoms with E-state index in [0.29, 0.717) is 44.0 Å². The third kappa shape index (κ3) is 4.35. The average Bonchev–Trinajstić information content (AvgIpc) is 3.21. The first-order valence-electron chi connectivity index (χ1n) is 9.80. The standard InChI is InChI=1S/C22H24N2O5/c25-21(23-13-15-6-7-18-19(12-15)29-14-28-18)20(16-4-2-1-3-5-16)24-10-8-17(9-11-24)22(26)27/h1-7,12,17,20H,8-11,13-14H2,(H,23,25)(H,26,27). The lowest BCUT2D eigenvalue weighted by Crippen LogP contribution is -2.45. The second-order valence-electron chi connectivity index (χ2n) is 7.37. The molecule has 2 aromatic rings. The summed E-state index contributed by atoms with van der Waals surface area (Å²) in [5, 5.41) is 12.3. The first kappa shape index (κ1) is 19.3. The van der Waals surface area contributed by atoms with Crippen molar-refractivity contribution < 1.29 is 24.2 Å². The maximum Gasteiger partial charge on any atom is 0.306 e. The van der Waals surface area contributed by atoms with Crippen LogP contribution in [0.4, 0.5) is 0 Å². The summed E-state index contributed by atoms with van der Waals surface area (Å²) in [6, 6.07) is 14.8. The number of benzene rings is 2. The lowest BCUT2D eigenvalue weighted by molar-refractivity contribution is -0.143. The van der Waals surface area contributed by atoms with Crippen LogP contribution in [0.1, 0.15) is 30.0 Å². The van der Waals surface area contributed by atoms with Crippen LogP contribution in [0, 0.1) is 5.92 Å². The lowest BCUT2D eigenvalue weighted by atomic mass is 9.94. The van der Waals surface area contributed by atoms with Crippen LogP contribution in [0.2, 0.25) is 0 Å². The average molecular weight is 396 g/mol. The highest BCUT2D eigenvalue weighted by Gasteiger charge is 2.33. The molecule has 1 saturated heterocycles. The maximum absolute atomic E-state index is 13.1. The van der Waals surface area contributed by atoms with E-state index in [1.54, 1.807) is 0 Å². The molecule has 152 valence electrons. The number of carbonyl (C=O) groups is 2. The molecule has 7 heteroatoms. The third-order valence-corrected chi connectivity index (χ3v) is 5.51. The Balaban J connectivity index is 1.46. The number of amides is 1. The van der Waals surface area contributed by atoms with Crippen molar-refractivity contribution in [3.8, 4) is 11.5 Å². The Labute approximate surface area is 169 Å². The number of carboxylic acid groups (broad SMARTS) is 1. The summed E-state index contributed by atoms with van der Waals surface area (Å²) in [5.41, 5.74) is 1.84. The smallest absolute Gasteiger partial charge is 0.306 e. The molecule has 0 aliphatic carbocycles. The highest BCUT2D eigenvalue weighted by Crippen LogP contribution is 2.32. The van der Waals surface area contributed by atoms with Crippen molar-refractivity contribution in [1.29, 1.82) is 0 Å². The van der Waals surface area contributed by atoms with E-state index in [1.807, 2.05) is 48.5 Å². The topological polar surface area (TPSA) is 88.1 Å². The maximum atomic E-state index is 13.1. The summed E-state index contributed by atoms with van der Waals surface area (Å²) in [5.74, 6) is 0.214.